The second-order valence-electron chi connectivity index (χ2n) is 19.0. The smallest absolute Gasteiger partial charge is 0.329 e. The molecule has 2 aliphatic carbocycles. The van der Waals surface area contributed by atoms with Crippen molar-refractivity contribution in [3.05, 3.63) is 100 Å². The summed E-state index contributed by atoms with van der Waals surface area (Å²) in [6.07, 6.45) is 9.40. The molecule has 3 fully saturated rings. The maximum absolute atomic E-state index is 16.2. The normalized spacial score (nSPS) is 23.6. The molecule has 2 aliphatic heterocycles. The van der Waals surface area contributed by atoms with Gasteiger partial charge in [0.2, 0.25) is 17.7 Å². The molecule has 6 N–H and O–H groups in total. The van der Waals surface area contributed by atoms with E-state index in [2.05, 4.69) is 26.4 Å². The molecule has 1 saturated heterocycles. The van der Waals surface area contributed by atoms with E-state index in [0.29, 0.717) is 23.8 Å². The number of ether oxygens (including phenoxy) is 2. The number of hydrogen-bond donors (Lipinski definition) is 5. The Morgan fingerprint density at radius 1 is 0.971 bits per heavy atom. The minimum atomic E-state index is -1.07. The number of halogens is 3. The van der Waals surface area contributed by atoms with Crippen molar-refractivity contribution in [1.29, 1.82) is 0 Å². The van der Waals surface area contributed by atoms with Gasteiger partial charge in [0.1, 0.15) is 11.6 Å². The van der Waals surface area contributed by atoms with Crippen LogP contribution in [0.1, 0.15) is 105 Å². The van der Waals surface area contributed by atoms with Gasteiger partial charge in [0.05, 0.1) is 28.9 Å². The van der Waals surface area contributed by atoms with Crippen LogP contribution in [0.4, 0.5) is 25.1 Å². The minimum absolute atomic E-state index is 0.00473. The third-order valence-corrected chi connectivity index (χ3v) is 15.3. The van der Waals surface area contributed by atoms with Crippen molar-refractivity contribution >= 4 is 57.8 Å². The lowest BCUT2D eigenvalue weighted by atomic mass is 9.77. The highest BCUT2D eigenvalue weighted by atomic mass is 35.5. The number of methoxy groups -OCH3 is 1. The first-order valence-corrected chi connectivity index (χ1v) is 24.4. The van der Waals surface area contributed by atoms with E-state index in [4.69, 9.17) is 26.8 Å². The molecule has 2 atom stereocenters. The number of hydrogen-bond acceptors (Lipinski definition) is 9. The van der Waals surface area contributed by atoms with Crippen LogP contribution in [0.25, 0.3) is 22.0 Å². The average molecular weight is 966 g/mol. The third-order valence-electron chi connectivity index (χ3n) is 15.0. The zero-order chi connectivity index (χ0) is 48.6. The molecule has 5 amide bonds. The molecule has 364 valence electrons. The molecule has 14 nitrogen and oxygen atoms in total. The molecule has 0 bridgehead atoms. The Hall–Kier alpha value is -6.26. The predicted octanol–water partition coefficient (Wildman–Crippen LogP) is 8.83. The molecule has 69 heavy (non-hydrogen) atoms. The van der Waals surface area contributed by atoms with Gasteiger partial charge in [0.15, 0.2) is 23.0 Å². The van der Waals surface area contributed by atoms with Gasteiger partial charge in [0, 0.05) is 85.2 Å². The van der Waals surface area contributed by atoms with Crippen LogP contribution in [-0.2, 0) is 22.2 Å². The summed E-state index contributed by atoms with van der Waals surface area (Å²) in [6.45, 7) is 3.33. The Morgan fingerprint density at radius 3 is 2.42 bits per heavy atom. The van der Waals surface area contributed by atoms with Crippen LogP contribution in [0.2, 0.25) is 5.02 Å². The van der Waals surface area contributed by atoms with Gasteiger partial charge in [-0.15, -0.1) is 0 Å². The van der Waals surface area contributed by atoms with Crippen molar-refractivity contribution in [2.75, 3.05) is 37.0 Å². The second-order valence-corrected chi connectivity index (χ2v) is 19.4. The van der Waals surface area contributed by atoms with Crippen molar-refractivity contribution in [1.82, 2.24) is 25.7 Å². The minimum Gasteiger partial charge on any atom is -0.494 e. The fourth-order valence-electron chi connectivity index (χ4n) is 11.2. The summed E-state index contributed by atoms with van der Waals surface area (Å²) in [7, 11) is 3.16. The third kappa shape index (κ3) is 9.32. The van der Waals surface area contributed by atoms with E-state index in [-0.39, 0.29) is 76.0 Å². The Balaban J connectivity index is 0.770. The van der Waals surface area contributed by atoms with Crippen molar-refractivity contribution in [3.8, 4) is 22.6 Å². The average Bonchev–Trinajstić information content (AvgIpc) is 3.83. The Labute approximate surface area is 405 Å². The van der Waals surface area contributed by atoms with Gasteiger partial charge in [-0.05, 0) is 100.0 Å². The molecule has 0 spiro atoms. The van der Waals surface area contributed by atoms with Crippen LogP contribution >= 0.6 is 11.6 Å². The van der Waals surface area contributed by atoms with Gasteiger partial charge in [-0.2, -0.15) is 5.10 Å². The number of carbonyl (C=O) groups excluding carboxylic acids is 4. The summed E-state index contributed by atoms with van der Waals surface area (Å²) < 4.78 is 45.8. The SMILES string of the molecule is COc1ccc(C(N)=O)c(-c2c(Cl)c(F)cc3c2[C@H](C)[C@@](CNC2CCC(C(=O)NC4CCC(CCCNc5cccc6c(N7CCC(=O)NC7=O)nn(C)c56)CC4)CC2)(c2ccccc2)O3)c1F. The van der Waals surface area contributed by atoms with E-state index in [0.717, 1.165) is 92.9 Å². The lowest BCUT2D eigenvalue weighted by Crippen LogP contribution is -2.49. The molecule has 3 heterocycles. The van der Waals surface area contributed by atoms with Crippen molar-refractivity contribution in [3.63, 3.8) is 0 Å². The van der Waals surface area contributed by atoms with Gasteiger partial charge >= 0.3 is 6.03 Å². The molecule has 1 aromatic heterocycles. The number of anilines is 2. The largest absolute Gasteiger partial charge is 0.494 e. The summed E-state index contributed by atoms with van der Waals surface area (Å²) >= 11 is 6.69. The monoisotopic (exact) mass is 964 g/mol. The van der Waals surface area contributed by atoms with Crippen LogP contribution < -0.4 is 41.4 Å². The molecule has 4 aromatic carbocycles. The Kier molecular flexibility index (Phi) is 13.8. The standard InChI is InChI=1S/C52H59ClF2N8O6/c1-29-42-40(27-37(54)45(53)44(42)43-35(48(56)65)22-23-39(68-3)46(43)55)69-52(29,32-10-5-4-6-11-32)28-58-33-20-16-31(17-21-33)50(66)59-34-18-14-30(15-19-34)9-8-25-57-38-13-7-12-36-47(38)62(2)61-49(36)63-26-24-41(64)60-51(63)67/h4-7,10-13,22-23,27,29-31,33-34,57-58H,8-9,14-21,24-26,28H2,1-3H3,(H2,56,65)(H,59,66)(H,60,64,67)/t29-,30?,31?,33?,34?,52-/m0/s1. The summed E-state index contributed by atoms with van der Waals surface area (Å²) in [5.74, 6) is -2.20. The number of benzene rings is 4. The number of nitrogens with zero attached hydrogens (tertiary/aromatic N) is 3. The van der Waals surface area contributed by atoms with E-state index in [1.165, 1.54) is 30.2 Å². The number of carbonyl (C=O) groups is 4. The van der Waals surface area contributed by atoms with E-state index in [1.807, 2.05) is 62.5 Å². The molecule has 9 rings (SSSR count). The summed E-state index contributed by atoms with van der Waals surface area (Å²) in [6, 6.07) is 19.2. The number of aromatic nitrogens is 2. The number of urea groups is 1. The maximum Gasteiger partial charge on any atom is 0.329 e. The van der Waals surface area contributed by atoms with Crippen molar-refractivity contribution in [2.24, 2.45) is 24.6 Å². The highest BCUT2D eigenvalue weighted by Gasteiger charge is 2.50. The van der Waals surface area contributed by atoms with Crippen molar-refractivity contribution in [2.45, 2.75) is 101 Å². The van der Waals surface area contributed by atoms with E-state index >= 15 is 8.78 Å². The van der Waals surface area contributed by atoms with Gasteiger partial charge in [-0.1, -0.05) is 54.9 Å². The van der Waals surface area contributed by atoms with Crippen LogP contribution in [0.3, 0.4) is 0 Å². The van der Waals surface area contributed by atoms with Gasteiger partial charge in [-0.25, -0.2) is 13.6 Å². The number of amides is 5. The first-order chi connectivity index (χ1) is 33.3. The van der Waals surface area contributed by atoms with E-state index in [9.17, 15) is 19.2 Å². The first kappa shape index (κ1) is 47.8. The predicted molar refractivity (Wildman–Crippen MR) is 261 cm³/mol. The highest BCUT2D eigenvalue weighted by Crippen LogP contribution is 2.56. The Morgan fingerprint density at radius 2 is 1.71 bits per heavy atom. The quantitative estimate of drug-likeness (QED) is 0.0641. The number of aryl methyl sites for hydroxylation is 1. The number of primary amides is 1. The molecular formula is C52H59ClF2N8O6. The number of nitrogens with one attached hydrogen (secondary N) is 4. The Bertz CT molecular complexity index is 2770. The number of fused-ring (bicyclic) bond motifs is 2. The van der Waals surface area contributed by atoms with Gasteiger partial charge < -0.3 is 31.2 Å². The number of nitrogens with two attached hydrogens (primary N) is 1. The lowest BCUT2D eigenvalue weighted by molar-refractivity contribution is -0.127. The second kappa shape index (κ2) is 20.0. The van der Waals surface area contributed by atoms with E-state index < -0.39 is 35.1 Å². The summed E-state index contributed by atoms with van der Waals surface area (Å²) in [5.41, 5.74) is 7.38. The van der Waals surface area contributed by atoms with E-state index in [1.54, 1.807) is 4.68 Å². The molecular weight excluding hydrogens is 906 g/mol. The fourth-order valence-corrected chi connectivity index (χ4v) is 11.4. The van der Waals surface area contributed by atoms with Crippen molar-refractivity contribution < 1.29 is 37.4 Å². The lowest BCUT2D eigenvalue weighted by Gasteiger charge is -2.37. The van der Waals surface area contributed by atoms with Crippen LogP contribution in [0, 0.1) is 23.5 Å². The fraction of sp³-hybridized carbons (Fsp3) is 0.442. The maximum atomic E-state index is 16.2. The van der Waals surface area contributed by atoms with Crippen LogP contribution in [0.5, 0.6) is 11.5 Å². The zero-order valence-corrected chi connectivity index (χ0v) is 39.9. The summed E-state index contributed by atoms with van der Waals surface area (Å²) in [5, 5.41) is 18.2. The molecule has 2 saturated carbocycles. The number of imide groups is 1. The van der Waals surface area contributed by atoms with Crippen LogP contribution in [-0.4, -0.2) is 72.4 Å². The molecule has 4 aliphatic rings. The highest BCUT2D eigenvalue weighted by molar-refractivity contribution is 6.34. The van der Waals surface area contributed by atoms with Gasteiger partial charge in [0.25, 0.3) is 0 Å². The number of rotatable bonds is 15. The molecule has 5 aromatic rings. The first-order valence-electron chi connectivity index (χ1n) is 24.1. The zero-order valence-electron chi connectivity index (χ0n) is 39.1. The van der Waals surface area contributed by atoms with Gasteiger partial charge in [-0.3, -0.25) is 29.3 Å². The topological polar surface area (TPSA) is 182 Å². The summed E-state index contributed by atoms with van der Waals surface area (Å²) in [4.78, 5) is 52.1. The molecule has 0 unspecified atom stereocenters. The molecule has 0 radical (unpaired) electrons. The van der Waals surface area contributed by atoms with Crippen LogP contribution in [0.15, 0.2) is 66.7 Å². The number of para-hydroxylation sites is 1. The molecule has 17 heteroatoms.